The van der Waals surface area contributed by atoms with Gasteiger partial charge < -0.3 is 20.9 Å². The second-order valence-corrected chi connectivity index (χ2v) is 5.66. The number of hydrogen-bond acceptors (Lipinski definition) is 5. The van der Waals surface area contributed by atoms with Crippen molar-refractivity contribution >= 4 is 17.3 Å². The first kappa shape index (κ1) is 17.7. The van der Waals surface area contributed by atoms with E-state index < -0.39 is 0 Å². The van der Waals surface area contributed by atoms with E-state index in [0.717, 1.165) is 24.0 Å². The molecule has 0 amide bonds. The monoisotopic (exact) mass is 328 g/mol. The molecule has 0 aliphatic rings. The molecule has 0 spiro atoms. The predicted octanol–water partition coefficient (Wildman–Crippen LogP) is 3.41. The van der Waals surface area contributed by atoms with Gasteiger partial charge in [-0.3, -0.25) is 0 Å². The van der Waals surface area contributed by atoms with E-state index in [0.29, 0.717) is 35.7 Å². The van der Waals surface area contributed by atoms with Gasteiger partial charge >= 0.3 is 5.97 Å². The van der Waals surface area contributed by atoms with Crippen LogP contribution in [0.1, 0.15) is 41.3 Å². The van der Waals surface area contributed by atoms with Crippen molar-refractivity contribution in [1.29, 1.82) is 0 Å². The minimum atomic E-state index is -0.377. The molecule has 0 saturated carbocycles. The van der Waals surface area contributed by atoms with Gasteiger partial charge in [0.15, 0.2) is 0 Å². The Morgan fingerprint density at radius 2 is 1.71 bits per heavy atom. The van der Waals surface area contributed by atoms with Gasteiger partial charge in [-0.15, -0.1) is 0 Å². The van der Waals surface area contributed by atoms with Crippen molar-refractivity contribution < 1.29 is 14.3 Å². The van der Waals surface area contributed by atoms with Gasteiger partial charge in [-0.05, 0) is 48.2 Å². The van der Waals surface area contributed by atoms with Gasteiger partial charge in [-0.2, -0.15) is 0 Å². The van der Waals surface area contributed by atoms with Crippen LogP contribution >= 0.6 is 0 Å². The van der Waals surface area contributed by atoms with Crippen LogP contribution in [0.25, 0.3) is 0 Å². The molecule has 2 aromatic rings. The molecular weight excluding hydrogens is 304 g/mol. The zero-order valence-corrected chi connectivity index (χ0v) is 14.2. The van der Waals surface area contributed by atoms with Crippen LogP contribution in [-0.4, -0.2) is 19.7 Å². The van der Waals surface area contributed by atoms with E-state index in [-0.39, 0.29) is 5.97 Å². The zero-order chi connectivity index (χ0) is 17.5. The lowest BCUT2D eigenvalue weighted by Crippen LogP contribution is -2.10. The first-order valence-electron chi connectivity index (χ1n) is 8.03. The summed E-state index contributed by atoms with van der Waals surface area (Å²) >= 11 is 0. The van der Waals surface area contributed by atoms with Crippen LogP contribution in [0.4, 0.5) is 11.4 Å². The number of hydrogen-bond donors (Lipinski definition) is 2. The molecule has 5 heteroatoms. The Morgan fingerprint density at radius 3 is 2.38 bits per heavy atom. The molecule has 0 aliphatic carbocycles. The average molecular weight is 328 g/mol. The predicted molar refractivity (Wildman–Crippen MR) is 96.3 cm³/mol. The molecular formula is C19H24N2O3. The lowest BCUT2D eigenvalue weighted by molar-refractivity contribution is 0.0501. The minimum Gasteiger partial charge on any atom is -0.495 e. The average Bonchev–Trinajstić information content (AvgIpc) is 2.58. The topological polar surface area (TPSA) is 87.6 Å². The number of esters is 1. The number of methoxy groups -OCH3 is 1. The third kappa shape index (κ3) is 4.41. The molecule has 24 heavy (non-hydrogen) atoms. The lowest BCUT2D eigenvalue weighted by Gasteiger charge is -2.10. The Hall–Kier alpha value is -2.69. The molecule has 0 aliphatic heterocycles. The van der Waals surface area contributed by atoms with Crippen molar-refractivity contribution in [3.63, 3.8) is 0 Å². The van der Waals surface area contributed by atoms with Crippen LogP contribution in [0.15, 0.2) is 36.4 Å². The first-order chi connectivity index (χ1) is 11.5. The number of nitrogen functional groups attached to an aromatic ring is 2. The van der Waals surface area contributed by atoms with E-state index in [4.69, 9.17) is 20.9 Å². The summed E-state index contributed by atoms with van der Waals surface area (Å²) in [6, 6.07) is 11.1. The smallest absolute Gasteiger partial charge is 0.340 e. The van der Waals surface area contributed by atoms with Crippen LogP contribution in [0.2, 0.25) is 0 Å². The number of anilines is 2. The molecule has 0 bridgehead atoms. The second kappa shape index (κ2) is 8.24. The van der Waals surface area contributed by atoms with Crippen molar-refractivity contribution in [3.8, 4) is 5.75 Å². The van der Waals surface area contributed by atoms with Gasteiger partial charge in [0.1, 0.15) is 5.75 Å². The van der Waals surface area contributed by atoms with Gasteiger partial charge in [0, 0.05) is 5.69 Å². The molecule has 0 atom stereocenters. The molecule has 0 heterocycles. The maximum absolute atomic E-state index is 12.2. The Labute approximate surface area is 142 Å². The van der Waals surface area contributed by atoms with Crippen LogP contribution in [0.3, 0.4) is 0 Å². The van der Waals surface area contributed by atoms with E-state index in [1.165, 1.54) is 0 Å². The van der Waals surface area contributed by atoms with Crippen molar-refractivity contribution in [1.82, 2.24) is 0 Å². The third-order valence-corrected chi connectivity index (χ3v) is 3.77. The summed E-state index contributed by atoms with van der Waals surface area (Å²) in [5, 5.41) is 0. The summed E-state index contributed by atoms with van der Waals surface area (Å²) in [7, 11) is 1.59. The summed E-state index contributed by atoms with van der Waals surface area (Å²) < 4.78 is 10.5. The maximum Gasteiger partial charge on any atom is 0.340 e. The van der Waals surface area contributed by atoms with E-state index in [1.54, 1.807) is 19.2 Å². The SMILES string of the molecule is CCCCOC(=O)c1cc(Cc2ccc(N)c(OC)c2)ccc1N. The number of carbonyl (C=O) groups is 1. The van der Waals surface area contributed by atoms with E-state index in [2.05, 4.69) is 0 Å². The fourth-order valence-electron chi connectivity index (χ4n) is 2.38. The van der Waals surface area contributed by atoms with Gasteiger partial charge in [-0.25, -0.2) is 4.79 Å². The van der Waals surface area contributed by atoms with Crippen molar-refractivity contribution in [2.45, 2.75) is 26.2 Å². The molecule has 5 nitrogen and oxygen atoms in total. The zero-order valence-electron chi connectivity index (χ0n) is 14.2. The summed E-state index contributed by atoms with van der Waals surface area (Å²) in [5.74, 6) is 0.264. The van der Waals surface area contributed by atoms with Crippen LogP contribution in [-0.2, 0) is 11.2 Å². The number of carbonyl (C=O) groups excluding carboxylic acids is 1. The Morgan fingerprint density at radius 1 is 1.04 bits per heavy atom. The van der Waals surface area contributed by atoms with Crippen LogP contribution in [0.5, 0.6) is 5.75 Å². The van der Waals surface area contributed by atoms with Crippen molar-refractivity contribution in [2.24, 2.45) is 0 Å². The standard InChI is InChI=1S/C19H24N2O3/c1-3-4-9-24-19(22)15-11-13(5-7-16(15)20)10-14-6-8-17(21)18(12-14)23-2/h5-8,11-12H,3-4,9-10,20-21H2,1-2H3. The number of ether oxygens (including phenoxy) is 2. The largest absolute Gasteiger partial charge is 0.495 e. The molecule has 128 valence electrons. The molecule has 0 aromatic heterocycles. The molecule has 0 fully saturated rings. The van der Waals surface area contributed by atoms with Gasteiger partial charge in [0.25, 0.3) is 0 Å². The number of rotatable bonds is 7. The normalized spacial score (nSPS) is 10.4. The quantitative estimate of drug-likeness (QED) is 0.462. The van der Waals surface area contributed by atoms with Crippen molar-refractivity contribution in [2.75, 3.05) is 25.2 Å². The van der Waals surface area contributed by atoms with Crippen LogP contribution < -0.4 is 16.2 Å². The van der Waals surface area contributed by atoms with E-state index in [9.17, 15) is 4.79 Å². The fraction of sp³-hybridized carbons (Fsp3) is 0.316. The molecule has 0 unspecified atom stereocenters. The van der Waals surface area contributed by atoms with E-state index in [1.807, 2.05) is 31.2 Å². The summed E-state index contributed by atoms with van der Waals surface area (Å²) in [6.07, 6.45) is 2.46. The highest BCUT2D eigenvalue weighted by atomic mass is 16.5. The molecule has 4 N–H and O–H groups in total. The number of benzene rings is 2. The highest BCUT2D eigenvalue weighted by Gasteiger charge is 2.12. The second-order valence-electron chi connectivity index (χ2n) is 5.66. The molecule has 2 rings (SSSR count). The first-order valence-corrected chi connectivity index (χ1v) is 8.03. The summed E-state index contributed by atoms with van der Waals surface area (Å²) in [4.78, 5) is 12.2. The maximum atomic E-state index is 12.2. The fourth-order valence-corrected chi connectivity index (χ4v) is 2.38. The van der Waals surface area contributed by atoms with Gasteiger partial charge in [-0.1, -0.05) is 25.5 Å². The lowest BCUT2D eigenvalue weighted by atomic mass is 10.0. The van der Waals surface area contributed by atoms with E-state index >= 15 is 0 Å². The summed E-state index contributed by atoms with van der Waals surface area (Å²) in [5.41, 5.74) is 15.2. The van der Waals surface area contributed by atoms with Crippen LogP contribution in [0, 0.1) is 0 Å². The molecule has 0 saturated heterocycles. The third-order valence-electron chi connectivity index (χ3n) is 3.77. The van der Waals surface area contributed by atoms with Gasteiger partial charge in [0.05, 0.1) is 25.0 Å². The highest BCUT2D eigenvalue weighted by Crippen LogP contribution is 2.24. The summed E-state index contributed by atoms with van der Waals surface area (Å²) in [6.45, 7) is 2.46. The minimum absolute atomic E-state index is 0.377. The number of unbranched alkanes of at least 4 members (excludes halogenated alkanes) is 1. The number of nitrogens with two attached hydrogens (primary N) is 2. The molecule has 0 radical (unpaired) electrons. The van der Waals surface area contributed by atoms with Gasteiger partial charge in [0.2, 0.25) is 0 Å². The Bertz CT molecular complexity index is 714. The Kier molecular flexibility index (Phi) is 6.07. The van der Waals surface area contributed by atoms with Crippen molar-refractivity contribution in [3.05, 3.63) is 53.1 Å². The molecule has 2 aromatic carbocycles. The highest BCUT2D eigenvalue weighted by molar-refractivity contribution is 5.95. The Balaban J connectivity index is 2.17.